The normalized spacial score (nSPS) is 10.1. The number of halogens is 1. The number of nitrogens with zero attached hydrogens (tertiary/aromatic N) is 1. The summed E-state index contributed by atoms with van der Waals surface area (Å²) in [6.45, 7) is 0.761. The molecule has 18 heavy (non-hydrogen) atoms. The van der Waals surface area contributed by atoms with Crippen LogP contribution < -0.4 is 5.32 Å². The number of benzene rings is 1. The predicted octanol–water partition coefficient (Wildman–Crippen LogP) is 3.24. The van der Waals surface area contributed by atoms with E-state index in [1.54, 1.807) is 12.4 Å². The van der Waals surface area contributed by atoms with Gasteiger partial charge < -0.3 is 5.32 Å². The Morgan fingerprint density at radius 2 is 2.06 bits per heavy atom. The molecule has 0 aliphatic rings. The average Bonchev–Trinajstić information content (AvgIpc) is 2.42. The van der Waals surface area contributed by atoms with Crippen molar-refractivity contribution in [2.24, 2.45) is 0 Å². The lowest BCUT2D eigenvalue weighted by Gasteiger charge is -2.08. The van der Waals surface area contributed by atoms with E-state index in [2.05, 4.69) is 10.3 Å². The Hall–Kier alpha value is -1.45. The van der Waals surface area contributed by atoms with Crippen LogP contribution in [0.4, 0.5) is 0 Å². The predicted molar refractivity (Wildman–Crippen MR) is 79.1 cm³/mol. The number of pyridine rings is 1. The molecular formula is C14H13ClN2S. The minimum atomic E-state index is 0.718. The van der Waals surface area contributed by atoms with E-state index < -0.39 is 0 Å². The fraction of sp³-hybridized carbons (Fsp3) is 0.143. The van der Waals surface area contributed by atoms with E-state index in [9.17, 15) is 0 Å². The first kappa shape index (κ1) is 13.0. The maximum absolute atomic E-state index is 6.09. The molecule has 1 N–H and O–H groups in total. The molecule has 0 bridgehead atoms. The van der Waals surface area contributed by atoms with Crippen LogP contribution in [0.5, 0.6) is 0 Å². The number of nitrogens with one attached hydrogen (secondary N) is 1. The Bertz CT molecular complexity index is 528. The second-order valence-corrected chi connectivity index (χ2v) is 4.65. The molecule has 0 radical (unpaired) electrons. The van der Waals surface area contributed by atoms with E-state index in [0.717, 1.165) is 34.1 Å². The second-order valence-electron chi connectivity index (χ2n) is 3.84. The molecule has 0 fully saturated rings. The Balaban J connectivity index is 1.86. The SMILES string of the molecule is S=C(NCCc1ccccc1Cl)c1cccnc1. The van der Waals surface area contributed by atoms with Gasteiger partial charge in [-0.25, -0.2) is 0 Å². The zero-order chi connectivity index (χ0) is 12.8. The molecule has 0 unspecified atom stereocenters. The summed E-state index contributed by atoms with van der Waals surface area (Å²) in [7, 11) is 0. The van der Waals surface area contributed by atoms with E-state index in [1.807, 2.05) is 36.4 Å². The summed E-state index contributed by atoms with van der Waals surface area (Å²) in [4.78, 5) is 4.76. The van der Waals surface area contributed by atoms with Crippen molar-refractivity contribution < 1.29 is 0 Å². The van der Waals surface area contributed by atoms with Crippen molar-refractivity contribution in [1.29, 1.82) is 0 Å². The first-order chi connectivity index (χ1) is 8.77. The van der Waals surface area contributed by atoms with Gasteiger partial charge in [0.2, 0.25) is 0 Å². The van der Waals surface area contributed by atoms with Gasteiger partial charge in [0.1, 0.15) is 4.99 Å². The maximum Gasteiger partial charge on any atom is 0.108 e. The highest BCUT2D eigenvalue weighted by Crippen LogP contribution is 2.14. The quantitative estimate of drug-likeness (QED) is 0.868. The lowest BCUT2D eigenvalue weighted by Crippen LogP contribution is -2.24. The standard InChI is InChI=1S/C14H13ClN2S/c15-13-6-2-1-4-11(13)7-9-17-14(18)12-5-3-8-16-10-12/h1-6,8,10H,7,9H2,(H,17,18). The van der Waals surface area contributed by atoms with Crippen molar-refractivity contribution in [2.45, 2.75) is 6.42 Å². The van der Waals surface area contributed by atoms with Crippen molar-refractivity contribution in [3.8, 4) is 0 Å². The summed E-state index contributed by atoms with van der Waals surface area (Å²) >= 11 is 11.4. The maximum atomic E-state index is 6.09. The van der Waals surface area contributed by atoms with Gasteiger partial charge in [-0.1, -0.05) is 42.0 Å². The summed E-state index contributed by atoms with van der Waals surface area (Å²) in [5.41, 5.74) is 2.06. The molecule has 0 aliphatic heterocycles. The fourth-order valence-corrected chi connectivity index (χ4v) is 2.06. The lowest BCUT2D eigenvalue weighted by molar-refractivity contribution is 0.875. The summed E-state index contributed by atoms with van der Waals surface area (Å²) in [5, 5.41) is 4.01. The molecule has 1 aromatic heterocycles. The van der Waals surface area contributed by atoms with Crippen LogP contribution in [-0.2, 0) is 6.42 Å². The van der Waals surface area contributed by atoms with Crippen molar-refractivity contribution in [3.05, 3.63) is 64.9 Å². The molecule has 2 nitrogen and oxygen atoms in total. The van der Waals surface area contributed by atoms with Gasteiger partial charge in [-0.05, 0) is 30.2 Å². The minimum absolute atomic E-state index is 0.718. The lowest BCUT2D eigenvalue weighted by atomic mass is 10.1. The molecule has 0 saturated carbocycles. The molecule has 0 amide bonds. The average molecular weight is 277 g/mol. The Morgan fingerprint density at radius 3 is 2.78 bits per heavy atom. The monoisotopic (exact) mass is 276 g/mol. The largest absolute Gasteiger partial charge is 0.375 e. The summed E-state index contributed by atoms with van der Waals surface area (Å²) in [5.74, 6) is 0. The number of rotatable bonds is 4. The summed E-state index contributed by atoms with van der Waals surface area (Å²) in [6.07, 6.45) is 4.33. The van der Waals surface area contributed by atoms with Crippen LogP contribution >= 0.6 is 23.8 Å². The topological polar surface area (TPSA) is 24.9 Å². The molecule has 0 spiro atoms. The van der Waals surface area contributed by atoms with Crippen LogP contribution in [0.25, 0.3) is 0 Å². The Kier molecular flexibility index (Phi) is 4.67. The summed E-state index contributed by atoms with van der Waals surface area (Å²) in [6, 6.07) is 11.7. The number of hydrogen-bond donors (Lipinski definition) is 1. The van der Waals surface area contributed by atoms with Gasteiger partial charge in [0.25, 0.3) is 0 Å². The number of thiocarbonyl (C=S) groups is 1. The van der Waals surface area contributed by atoms with Gasteiger partial charge in [0, 0.05) is 29.5 Å². The Labute approximate surface area is 117 Å². The zero-order valence-electron chi connectivity index (χ0n) is 9.77. The fourth-order valence-electron chi connectivity index (χ4n) is 1.61. The number of hydrogen-bond acceptors (Lipinski definition) is 2. The van der Waals surface area contributed by atoms with E-state index in [4.69, 9.17) is 23.8 Å². The third-order valence-electron chi connectivity index (χ3n) is 2.56. The molecule has 0 saturated heterocycles. The first-order valence-corrected chi connectivity index (χ1v) is 6.47. The van der Waals surface area contributed by atoms with E-state index in [-0.39, 0.29) is 0 Å². The molecule has 92 valence electrons. The first-order valence-electron chi connectivity index (χ1n) is 5.69. The highest BCUT2D eigenvalue weighted by molar-refractivity contribution is 7.80. The van der Waals surface area contributed by atoms with Gasteiger partial charge >= 0.3 is 0 Å². The van der Waals surface area contributed by atoms with Crippen LogP contribution in [-0.4, -0.2) is 16.5 Å². The molecule has 0 atom stereocenters. The molecule has 4 heteroatoms. The van der Waals surface area contributed by atoms with Gasteiger partial charge in [0.15, 0.2) is 0 Å². The number of aromatic nitrogens is 1. The van der Waals surface area contributed by atoms with Crippen LogP contribution in [0, 0.1) is 0 Å². The van der Waals surface area contributed by atoms with Gasteiger partial charge in [0.05, 0.1) is 0 Å². The molecular weight excluding hydrogens is 264 g/mol. The highest BCUT2D eigenvalue weighted by Gasteiger charge is 2.01. The highest BCUT2D eigenvalue weighted by atomic mass is 35.5. The van der Waals surface area contributed by atoms with E-state index in [0.29, 0.717) is 0 Å². The van der Waals surface area contributed by atoms with Crippen molar-refractivity contribution >= 4 is 28.8 Å². The third-order valence-corrected chi connectivity index (χ3v) is 3.31. The van der Waals surface area contributed by atoms with Gasteiger partial charge in [-0.3, -0.25) is 4.98 Å². The van der Waals surface area contributed by atoms with Gasteiger partial charge in [-0.2, -0.15) is 0 Å². The van der Waals surface area contributed by atoms with E-state index in [1.165, 1.54) is 0 Å². The van der Waals surface area contributed by atoms with Crippen LogP contribution in [0.2, 0.25) is 5.02 Å². The minimum Gasteiger partial charge on any atom is -0.375 e. The molecule has 2 rings (SSSR count). The van der Waals surface area contributed by atoms with Crippen LogP contribution in [0.15, 0.2) is 48.8 Å². The second kappa shape index (κ2) is 6.47. The molecule has 2 aromatic rings. The van der Waals surface area contributed by atoms with Gasteiger partial charge in [-0.15, -0.1) is 0 Å². The van der Waals surface area contributed by atoms with Crippen LogP contribution in [0.1, 0.15) is 11.1 Å². The van der Waals surface area contributed by atoms with Crippen molar-refractivity contribution in [2.75, 3.05) is 6.54 Å². The molecule has 1 heterocycles. The smallest absolute Gasteiger partial charge is 0.108 e. The van der Waals surface area contributed by atoms with Crippen molar-refractivity contribution in [1.82, 2.24) is 10.3 Å². The van der Waals surface area contributed by atoms with Crippen LogP contribution in [0.3, 0.4) is 0 Å². The Morgan fingerprint density at radius 1 is 1.22 bits per heavy atom. The third kappa shape index (κ3) is 3.52. The zero-order valence-corrected chi connectivity index (χ0v) is 11.3. The summed E-state index contributed by atoms with van der Waals surface area (Å²) < 4.78 is 0. The molecule has 0 aliphatic carbocycles. The van der Waals surface area contributed by atoms with E-state index >= 15 is 0 Å². The van der Waals surface area contributed by atoms with Crippen molar-refractivity contribution in [3.63, 3.8) is 0 Å². The molecule has 1 aromatic carbocycles.